The van der Waals surface area contributed by atoms with Gasteiger partial charge in [0.2, 0.25) is 21.8 Å². The van der Waals surface area contributed by atoms with Gasteiger partial charge in [0, 0.05) is 26.1 Å². The first-order valence-electron chi connectivity index (χ1n) is 12.6. The summed E-state index contributed by atoms with van der Waals surface area (Å²) in [5.41, 5.74) is 3.65. The summed E-state index contributed by atoms with van der Waals surface area (Å²) in [5, 5.41) is 2.97. The average molecular weight is 516 g/mol. The highest BCUT2D eigenvalue weighted by Crippen LogP contribution is 2.21. The van der Waals surface area contributed by atoms with E-state index in [1.165, 1.54) is 10.6 Å². The van der Waals surface area contributed by atoms with Crippen LogP contribution in [0.2, 0.25) is 0 Å². The van der Waals surface area contributed by atoms with E-state index in [9.17, 15) is 18.0 Å². The van der Waals surface area contributed by atoms with Gasteiger partial charge in [-0.15, -0.1) is 0 Å². The molecule has 2 amide bonds. The van der Waals surface area contributed by atoms with E-state index in [2.05, 4.69) is 5.32 Å². The molecule has 198 valence electrons. The number of benzene rings is 2. The van der Waals surface area contributed by atoms with Gasteiger partial charge in [0.05, 0.1) is 11.9 Å². The second-order valence-electron chi connectivity index (χ2n) is 9.79. The van der Waals surface area contributed by atoms with E-state index in [1.807, 2.05) is 71.0 Å². The summed E-state index contributed by atoms with van der Waals surface area (Å²) >= 11 is 0. The number of nitrogens with zero attached hydrogens (tertiary/aromatic N) is 2. The maximum atomic E-state index is 13.5. The molecule has 0 aromatic heterocycles. The number of sulfonamides is 1. The van der Waals surface area contributed by atoms with Crippen LogP contribution in [0.1, 0.15) is 56.7 Å². The molecule has 2 aromatic carbocycles. The number of hydrogen-bond acceptors (Lipinski definition) is 4. The van der Waals surface area contributed by atoms with Gasteiger partial charge in [0.1, 0.15) is 6.04 Å². The standard InChI is InChI=1S/C28H41N3O4S/c1-7-26(28(33)29-19-21(2)3)30(20-24-12-9-8-11-23(24)5)27(32)13-10-18-31(36(6,34)35)25-16-14-22(4)15-17-25/h8-9,11-12,14-17,21,26H,7,10,13,18-20H2,1-6H3,(H,29,33)/t26-/m0/s1. The van der Waals surface area contributed by atoms with Crippen LogP contribution >= 0.6 is 0 Å². The SMILES string of the molecule is CC[C@@H](C(=O)NCC(C)C)N(Cc1ccccc1C)C(=O)CCCN(c1ccc(C)cc1)S(C)(=O)=O. The Morgan fingerprint density at radius 3 is 2.19 bits per heavy atom. The van der Waals surface area contributed by atoms with Gasteiger partial charge in [-0.2, -0.15) is 0 Å². The minimum atomic E-state index is -3.51. The molecule has 7 nitrogen and oxygen atoms in total. The van der Waals surface area contributed by atoms with Crippen LogP contribution in [-0.2, 0) is 26.2 Å². The van der Waals surface area contributed by atoms with Crippen LogP contribution in [-0.4, -0.2) is 50.5 Å². The normalized spacial score (nSPS) is 12.3. The summed E-state index contributed by atoms with van der Waals surface area (Å²) in [6.07, 6.45) is 2.14. The van der Waals surface area contributed by atoms with Crippen LogP contribution in [0.25, 0.3) is 0 Å². The minimum absolute atomic E-state index is 0.137. The molecular formula is C28H41N3O4S. The molecule has 0 heterocycles. The Balaban J connectivity index is 2.21. The van der Waals surface area contributed by atoms with Crippen molar-refractivity contribution in [1.29, 1.82) is 0 Å². The van der Waals surface area contributed by atoms with Gasteiger partial charge < -0.3 is 10.2 Å². The molecule has 0 radical (unpaired) electrons. The van der Waals surface area contributed by atoms with E-state index in [0.29, 0.717) is 37.5 Å². The number of hydrogen-bond donors (Lipinski definition) is 1. The highest BCUT2D eigenvalue weighted by molar-refractivity contribution is 7.92. The molecule has 1 atom stereocenters. The van der Waals surface area contributed by atoms with Crippen molar-refractivity contribution in [3.05, 3.63) is 65.2 Å². The average Bonchev–Trinajstić information content (AvgIpc) is 2.81. The van der Waals surface area contributed by atoms with Crippen molar-refractivity contribution in [2.24, 2.45) is 5.92 Å². The van der Waals surface area contributed by atoms with Crippen molar-refractivity contribution in [2.75, 3.05) is 23.7 Å². The lowest BCUT2D eigenvalue weighted by Crippen LogP contribution is -2.49. The van der Waals surface area contributed by atoms with Crippen LogP contribution in [0, 0.1) is 19.8 Å². The number of aryl methyl sites for hydroxylation is 2. The predicted octanol–water partition coefficient (Wildman–Crippen LogP) is 4.43. The van der Waals surface area contributed by atoms with Gasteiger partial charge >= 0.3 is 0 Å². The molecule has 8 heteroatoms. The van der Waals surface area contributed by atoms with E-state index < -0.39 is 16.1 Å². The molecule has 0 unspecified atom stereocenters. The van der Waals surface area contributed by atoms with Gasteiger partial charge in [-0.05, 0) is 55.9 Å². The van der Waals surface area contributed by atoms with E-state index in [1.54, 1.807) is 17.0 Å². The fraction of sp³-hybridized carbons (Fsp3) is 0.500. The van der Waals surface area contributed by atoms with Gasteiger partial charge in [-0.3, -0.25) is 13.9 Å². The third-order valence-corrected chi connectivity index (χ3v) is 7.34. The van der Waals surface area contributed by atoms with Crippen LogP contribution < -0.4 is 9.62 Å². The third kappa shape index (κ3) is 8.66. The van der Waals surface area contributed by atoms with Crippen LogP contribution in [0.15, 0.2) is 48.5 Å². The van der Waals surface area contributed by atoms with Crippen molar-refractivity contribution in [3.63, 3.8) is 0 Å². The predicted molar refractivity (Wildman–Crippen MR) is 146 cm³/mol. The number of nitrogens with one attached hydrogen (secondary N) is 1. The Hall–Kier alpha value is -2.87. The van der Waals surface area contributed by atoms with Crippen LogP contribution in [0.3, 0.4) is 0 Å². The summed E-state index contributed by atoms with van der Waals surface area (Å²) < 4.78 is 26.2. The first kappa shape index (κ1) is 29.4. The molecule has 36 heavy (non-hydrogen) atoms. The fourth-order valence-electron chi connectivity index (χ4n) is 4.03. The lowest BCUT2D eigenvalue weighted by atomic mass is 10.0. The molecule has 2 rings (SSSR count). The first-order valence-corrected chi connectivity index (χ1v) is 14.4. The Morgan fingerprint density at radius 1 is 1.00 bits per heavy atom. The summed E-state index contributed by atoms with van der Waals surface area (Å²) in [6.45, 7) is 10.9. The molecule has 0 spiro atoms. The zero-order chi connectivity index (χ0) is 26.9. The van der Waals surface area contributed by atoms with Gasteiger partial charge in [0.15, 0.2) is 0 Å². The molecule has 0 aliphatic heterocycles. The maximum absolute atomic E-state index is 13.5. The zero-order valence-corrected chi connectivity index (χ0v) is 23.3. The van der Waals surface area contributed by atoms with Crippen molar-refractivity contribution in [1.82, 2.24) is 10.2 Å². The van der Waals surface area contributed by atoms with Crippen LogP contribution in [0.4, 0.5) is 5.69 Å². The lowest BCUT2D eigenvalue weighted by molar-refractivity contribution is -0.141. The van der Waals surface area contributed by atoms with Crippen LogP contribution in [0.5, 0.6) is 0 Å². The summed E-state index contributed by atoms with van der Waals surface area (Å²) in [7, 11) is -3.51. The molecule has 0 saturated carbocycles. The minimum Gasteiger partial charge on any atom is -0.354 e. The topological polar surface area (TPSA) is 86.8 Å². The van der Waals surface area contributed by atoms with E-state index in [4.69, 9.17) is 0 Å². The number of amides is 2. The van der Waals surface area contributed by atoms with Gasteiger partial charge in [-0.1, -0.05) is 62.7 Å². The molecular weight excluding hydrogens is 474 g/mol. The highest BCUT2D eigenvalue weighted by Gasteiger charge is 2.29. The number of carbonyl (C=O) groups excluding carboxylic acids is 2. The summed E-state index contributed by atoms with van der Waals surface area (Å²) in [5.74, 6) is -0.0246. The Morgan fingerprint density at radius 2 is 1.64 bits per heavy atom. The Labute approximate surface area is 216 Å². The van der Waals surface area contributed by atoms with Crippen molar-refractivity contribution in [2.45, 2.75) is 66.5 Å². The smallest absolute Gasteiger partial charge is 0.242 e. The number of rotatable bonds is 13. The lowest BCUT2D eigenvalue weighted by Gasteiger charge is -2.31. The maximum Gasteiger partial charge on any atom is 0.242 e. The third-order valence-electron chi connectivity index (χ3n) is 6.15. The Kier molecular flexibility index (Phi) is 11.0. The second-order valence-corrected chi connectivity index (χ2v) is 11.7. The molecule has 1 N–H and O–H groups in total. The highest BCUT2D eigenvalue weighted by atomic mass is 32.2. The molecule has 0 bridgehead atoms. The van der Waals surface area contributed by atoms with Crippen molar-refractivity contribution < 1.29 is 18.0 Å². The molecule has 2 aromatic rings. The summed E-state index contributed by atoms with van der Waals surface area (Å²) in [4.78, 5) is 28.2. The second kappa shape index (κ2) is 13.4. The van der Waals surface area contributed by atoms with Crippen molar-refractivity contribution >= 4 is 27.5 Å². The monoisotopic (exact) mass is 515 g/mol. The summed E-state index contributed by atoms with van der Waals surface area (Å²) in [6, 6.07) is 14.5. The van der Waals surface area contributed by atoms with Gasteiger partial charge in [-0.25, -0.2) is 8.42 Å². The van der Waals surface area contributed by atoms with Crippen molar-refractivity contribution in [3.8, 4) is 0 Å². The quantitative estimate of drug-likeness (QED) is 0.428. The largest absolute Gasteiger partial charge is 0.354 e. The molecule has 0 fully saturated rings. The first-order chi connectivity index (χ1) is 16.9. The fourth-order valence-corrected chi connectivity index (χ4v) is 4.99. The Bertz CT molecular complexity index is 1110. The molecule has 0 saturated heterocycles. The molecule has 0 aliphatic carbocycles. The molecule has 0 aliphatic rings. The number of carbonyl (C=O) groups is 2. The van der Waals surface area contributed by atoms with E-state index in [-0.39, 0.29) is 24.8 Å². The van der Waals surface area contributed by atoms with Gasteiger partial charge in [0.25, 0.3) is 0 Å². The number of anilines is 1. The van der Waals surface area contributed by atoms with E-state index >= 15 is 0 Å². The zero-order valence-electron chi connectivity index (χ0n) is 22.5. The van der Waals surface area contributed by atoms with E-state index in [0.717, 1.165) is 16.7 Å².